The number of alkyl halides is 2. The number of allylic oxidation sites excluding steroid dienone is 4. The molecule has 4 aliphatic carbocycles. The fraction of sp³-hybridized carbons (Fsp3) is 0.536. The molecule has 9 atom stereocenters. The Hall–Kier alpha value is -2.49. The Morgan fingerprint density at radius 1 is 1.22 bits per heavy atom. The van der Waals surface area contributed by atoms with E-state index in [-0.39, 0.29) is 18.4 Å². The third-order valence-corrected chi connectivity index (χ3v) is 11.0. The molecule has 37 heavy (non-hydrogen) atoms. The first-order valence-electron chi connectivity index (χ1n) is 12.7. The van der Waals surface area contributed by atoms with Crippen molar-refractivity contribution < 1.29 is 28.6 Å². The Morgan fingerprint density at radius 3 is 2.68 bits per heavy atom. The van der Waals surface area contributed by atoms with E-state index in [2.05, 4.69) is 10.3 Å². The maximum Gasteiger partial charge on any atom is 0.258 e. The highest BCUT2D eigenvalue weighted by Crippen LogP contribution is 2.71. The SMILES string of the molecule is C[C@@H]1C[C@H]2C3C[C@H](F)C4=CC(=O)C=C[C@]4(C)[C@@]3(F)[C@@H](O)C[C@]2(C)[C@@]1(O)C(=O)Nc1nc2ccccc2s1. The van der Waals surface area contributed by atoms with E-state index in [1.54, 1.807) is 13.8 Å². The number of halogens is 2. The van der Waals surface area contributed by atoms with Gasteiger partial charge in [-0.3, -0.25) is 14.9 Å². The molecule has 1 aromatic heterocycles. The van der Waals surface area contributed by atoms with Gasteiger partial charge in [-0.1, -0.05) is 43.4 Å². The van der Waals surface area contributed by atoms with Gasteiger partial charge in [0, 0.05) is 16.7 Å². The molecular weight excluding hydrogens is 498 g/mol. The number of benzene rings is 1. The molecule has 6 rings (SSSR count). The van der Waals surface area contributed by atoms with Crippen LogP contribution < -0.4 is 5.32 Å². The lowest BCUT2D eigenvalue weighted by atomic mass is 9.44. The summed E-state index contributed by atoms with van der Waals surface area (Å²) >= 11 is 1.29. The molecule has 1 unspecified atom stereocenters. The van der Waals surface area contributed by atoms with Crippen LogP contribution >= 0.6 is 11.3 Å². The fourth-order valence-electron chi connectivity index (χ4n) is 8.14. The van der Waals surface area contributed by atoms with Crippen molar-refractivity contribution in [1.29, 1.82) is 0 Å². The van der Waals surface area contributed by atoms with Gasteiger partial charge in [-0.25, -0.2) is 13.8 Å². The van der Waals surface area contributed by atoms with Crippen LogP contribution in [-0.2, 0) is 9.59 Å². The van der Waals surface area contributed by atoms with Gasteiger partial charge in [0.1, 0.15) is 6.17 Å². The van der Waals surface area contributed by atoms with E-state index in [0.29, 0.717) is 11.6 Å². The molecule has 1 heterocycles. The zero-order chi connectivity index (χ0) is 26.5. The molecule has 196 valence electrons. The minimum absolute atomic E-state index is 0.0521. The molecule has 0 saturated heterocycles. The van der Waals surface area contributed by atoms with E-state index < -0.39 is 63.8 Å². The van der Waals surface area contributed by atoms with Crippen molar-refractivity contribution in [2.45, 2.75) is 63.6 Å². The molecule has 0 bridgehead atoms. The summed E-state index contributed by atoms with van der Waals surface area (Å²) in [5, 5.41) is 26.6. The number of para-hydroxylation sites is 1. The molecule has 3 N–H and O–H groups in total. The molecule has 0 radical (unpaired) electrons. The molecule has 0 spiro atoms. The van der Waals surface area contributed by atoms with E-state index in [0.717, 1.165) is 16.3 Å². The Balaban J connectivity index is 1.39. The van der Waals surface area contributed by atoms with Gasteiger partial charge in [-0.2, -0.15) is 0 Å². The molecule has 1 aromatic carbocycles. The van der Waals surface area contributed by atoms with Gasteiger partial charge in [0.2, 0.25) is 0 Å². The monoisotopic (exact) mass is 528 g/mol. The zero-order valence-electron chi connectivity index (χ0n) is 20.9. The number of nitrogens with one attached hydrogen (secondary N) is 1. The quantitative estimate of drug-likeness (QED) is 0.532. The number of carbonyl (C=O) groups excluding carboxylic acids is 2. The average molecular weight is 529 g/mol. The number of aliphatic hydroxyl groups is 2. The molecule has 2 aromatic rings. The highest BCUT2D eigenvalue weighted by molar-refractivity contribution is 7.22. The first kappa shape index (κ1) is 24.8. The topological polar surface area (TPSA) is 99.5 Å². The van der Waals surface area contributed by atoms with Gasteiger partial charge in [-0.05, 0) is 67.9 Å². The Morgan fingerprint density at radius 2 is 1.95 bits per heavy atom. The number of hydrogen-bond donors (Lipinski definition) is 3. The van der Waals surface area contributed by atoms with Gasteiger partial charge in [-0.15, -0.1) is 0 Å². The Labute approximate surface area is 217 Å². The zero-order valence-corrected chi connectivity index (χ0v) is 21.7. The van der Waals surface area contributed by atoms with Crippen LogP contribution in [0.5, 0.6) is 0 Å². The maximum atomic E-state index is 17.3. The van der Waals surface area contributed by atoms with Crippen molar-refractivity contribution in [3.05, 3.63) is 48.1 Å². The van der Waals surface area contributed by atoms with Crippen LogP contribution in [0, 0.1) is 28.6 Å². The molecule has 4 aliphatic rings. The Kier molecular flexibility index (Phi) is 5.21. The number of amides is 1. The number of anilines is 1. The normalized spacial score (nSPS) is 44.7. The molecule has 3 saturated carbocycles. The van der Waals surface area contributed by atoms with Gasteiger partial charge in [0.25, 0.3) is 5.91 Å². The minimum atomic E-state index is -2.25. The summed E-state index contributed by atoms with van der Waals surface area (Å²) in [6.45, 7) is 5.00. The number of nitrogens with zero attached hydrogens (tertiary/aromatic N) is 1. The summed E-state index contributed by atoms with van der Waals surface area (Å²) in [7, 11) is 0. The van der Waals surface area contributed by atoms with Crippen LogP contribution in [-0.4, -0.2) is 50.4 Å². The van der Waals surface area contributed by atoms with Crippen molar-refractivity contribution >= 4 is 38.4 Å². The van der Waals surface area contributed by atoms with Crippen LogP contribution in [0.1, 0.15) is 40.0 Å². The van der Waals surface area contributed by atoms with E-state index in [1.807, 2.05) is 24.3 Å². The second kappa shape index (κ2) is 7.77. The summed E-state index contributed by atoms with van der Waals surface area (Å²) in [5.41, 5.74) is -6.12. The van der Waals surface area contributed by atoms with Crippen LogP contribution in [0.15, 0.2) is 48.1 Å². The lowest BCUT2D eigenvalue weighted by molar-refractivity contribution is -0.222. The van der Waals surface area contributed by atoms with Crippen molar-refractivity contribution in [3.8, 4) is 0 Å². The summed E-state index contributed by atoms with van der Waals surface area (Å²) in [4.78, 5) is 30.2. The number of rotatable bonds is 2. The minimum Gasteiger partial charge on any atom is -0.390 e. The molecule has 1 amide bonds. The molecule has 9 heteroatoms. The van der Waals surface area contributed by atoms with Gasteiger partial charge < -0.3 is 10.2 Å². The predicted octanol–water partition coefficient (Wildman–Crippen LogP) is 4.53. The van der Waals surface area contributed by atoms with E-state index >= 15 is 8.78 Å². The van der Waals surface area contributed by atoms with Crippen molar-refractivity contribution in [2.75, 3.05) is 5.32 Å². The number of carbonyl (C=O) groups is 2. The lowest BCUT2D eigenvalue weighted by Gasteiger charge is -2.63. The molecule has 6 nitrogen and oxygen atoms in total. The first-order valence-corrected chi connectivity index (χ1v) is 13.5. The largest absolute Gasteiger partial charge is 0.390 e. The summed E-state index contributed by atoms with van der Waals surface area (Å²) in [6, 6.07) is 7.44. The van der Waals surface area contributed by atoms with E-state index in [4.69, 9.17) is 0 Å². The molecule has 0 aliphatic heterocycles. The number of fused-ring (bicyclic) bond motifs is 6. The van der Waals surface area contributed by atoms with Crippen molar-refractivity contribution in [3.63, 3.8) is 0 Å². The highest BCUT2D eigenvalue weighted by Gasteiger charge is 2.76. The number of hydrogen-bond acceptors (Lipinski definition) is 6. The summed E-state index contributed by atoms with van der Waals surface area (Å²) in [6.07, 6.45) is 0.529. The van der Waals surface area contributed by atoms with Gasteiger partial charge in [0.05, 0.1) is 16.3 Å². The summed E-state index contributed by atoms with van der Waals surface area (Å²) < 4.78 is 33.7. The average Bonchev–Trinajstić information content (AvgIpc) is 3.34. The van der Waals surface area contributed by atoms with Crippen LogP contribution in [0.3, 0.4) is 0 Å². The molecular formula is C28H30F2N2O4S. The second-order valence-corrected chi connectivity index (χ2v) is 12.7. The fourth-order valence-corrected chi connectivity index (χ4v) is 9.00. The van der Waals surface area contributed by atoms with Gasteiger partial charge >= 0.3 is 0 Å². The van der Waals surface area contributed by atoms with Gasteiger partial charge in [0.15, 0.2) is 22.2 Å². The lowest BCUT2D eigenvalue weighted by Crippen LogP contribution is -2.70. The number of ketones is 1. The maximum absolute atomic E-state index is 17.3. The van der Waals surface area contributed by atoms with E-state index in [9.17, 15) is 19.8 Å². The van der Waals surface area contributed by atoms with Crippen molar-refractivity contribution in [2.24, 2.45) is 28.6 Å². The summed E-state index contributed by atoms with van der Waals surface area (Å²) in [5.74, 6) is -3.14. The van der Waals surface area contributed by atoms with E-state index in [1.165, 1.54) is 30.4 Å². The number of aromatic nitrogens is 1. The third kappa shape index (κ3) is 2.99. The number of thiazole rings is 1. The second-order valence-electron chi connectivity index (χ2n) is 11.7. The highest BCUT2D eigenvalue weighted by atomic mass is 32.1. The Bertz CT molecular complexity index is 1360. The van der Waals surface area contributed by atoms with Crippen LogP contribution in [0.2, 0.25) is 0 Å². The van der Waals surface area contributed by atoms with Crippen molar-refractivity contribution in [1.82, 2.24) is 4.98 Å². The smallest absolute Gasteiger partial charge is 0.258 e. The van der Waals surface area contributed by atoms with Crippen LogP contribution in [0.4, 0.5) is 13.9 Å². The number of aliphatic hydroxyl groups excluding tert-OH is 1. The standard InChI is InChI=1S/C28H30F2N2O4S/c1-14-10-16-17-12-19(29)18-11-15(33)8-9-25(18,2)27(17,30)22(34)13-26(16,3)28(14,36)23(35)32-24-31-20-6-4-5-7-21(20)37-24/h4-9,11,14,16-17,19,22,34,36H,10,12-13H2,1-3H3,(H,31,32,35)/t14-,16+,17?,19+,22+,25+,26+,27+,28+/m1/s1. The third-order valence-electron chi connectivity index (χ3n) is 10.1. The van der Waals surface area contributed by atoms with Crippen LogP contribution in [0.25, 0.3) is 10.2 Å². The molecule has 3 fully saturated rings. The first-order chi connectivity index (χ1) is 17.4. The predicted molar refractivity (Wildman–Crippen MR) is 136 cm³/mol.